The monoisotopic (exact) mass is 244 g/mol. The van der Waals surface area contributed by atoms with Gasteiger partial charge in [0.1, 0.15) is 0 Å². The minimum absolute atomic E-state index is 0. The first-order chi connectivity index (χ1) is 6.82. The van der Waals surface area contributed by atoms with E-state index in [9.17, 15) is 0 Å². The van der Waals surface area contributed by atoms with Gasteiger partial charge in [-0.2, -0.15) is 0 Å². The van der Waals surface area contributed by atoms with Crippen LogP contribution < -0.4 is 5.59 Å². The van der Waals surface area contributed by atoms with Crippen LogP contribution in [0.4, 0.5) is 0 Å². The van der Waals surface area contributed by atoms with Gasteiger partial charge in [0.05, 0.1) is 23.1 Å². The fourth-order valence-corrected chi connectivity index (χ4v) is 1.52. The molecule has 6 heteroatoms. The summed E-state index contributed by atoms with van der Waals surface area (Å²) in [5.41, 5.74) is 0.237. The van der Waals surface area contributed by atoms with Gasteiger partial charge in [0.15, 0.2) is 0 Å². The molecule has 0 amide bonds. The highest BCUT2D eigenvalue weighted by Crippen LogP contribution is 2.36. The number of nitrogens with zero attached hydrogens (tertiary/aromatic N) is 2. The van der Waals surface area contributed by atoms with Gasteiger partial charge >= 0.3 is 7.12 Å². The highest BCUT2D eigenvalue weighted by molar-refractivity contribution is 6.61. The van der Waals surface area contributed by atoms with Crippen molar-refractivity contribution in [1.82, 2.24) is 9.55 Å². The molecule has 0 atom stereocenters. The number of hydrogen-bond acceptors (Lipinski definition) is 3. The second kappa shape index (κ2) is 4.06. The molecule has 0 bridgehead atoms. The van der Waals surface area contributed by atoms with Crippen LogP contribution in [0.15, 0.2) is 12.5 Å². The zero-order valence-corrected chi connectivity index (χ0v) is 11.2. The van der Waals surface area contributed by atoms with Crippen LogP contribution in [0.2, 0.25) is 0 Å². The first-order valence-electron chi connectivity index (χ1n) is 5.15. The molecule has 1 aliphatic rings. The summed E-state index contributed by atoms with van der Waals surface area (Å²) in [6, 6.07) is 0. The molecule has 4 nitrogen and oxygen atoms in total. The first-order valence-corrected chi connectivity index (χ1v) is 5.15. The Kier molecular flexibility index (Phi) is 3.43. The molecular weight excluding hydrogens is 226 g/mol. The highest BCUT2D eigenvalue weighted by Gasteiger charge is 2.52. The summed E-state index contributed by atoms with van der Waals surface area (Å²) in [6.07, 6.45) is 3.67. The van der Waals surface area contributed by atoms with E-state index in [0.717, 1.165) is 5.59 Å². The molecule has 1 aromatic heterocycles. The molecule has 16 heavy (non-hydrogen) atoms. The van der Waals surface area contributed by atoms with Gasteiger partial charge in [-0.3, -0.25) is 0 Å². The lowest BCUT2D eigenvalue weighted by molar-refractivity contribution is 0.00578. The Morgan fingerprint density at radius 1 is 1.19 bits per heavy atom. The molecule has 2 heterocycles. The largest absolute Gasteiger partial charge is 0.516 e. The van der Waals surface area contributed by atoms with Gasteiger partial charge in [-0.1, -0.05) is 0 Å². The van der Waals surface area contributed by atoms with Gasteiger partial charge in [-0.15, -0.1) is 12.4 Å². The van der Waals surface area contributed by atoms with E-state index in [0.29, 0.717) is 0 Å². The number of imidazole rings is 1. The Morgan fingerprint density at radius 2 is 1.69 bits per heavy atom. The smallest absolute Gasteiger partial charge is 0.398 e. The molecule has 1 aromatic rings. The maximum atomic E-state index is 5.87. The molecule has 0 N–H and O–H groups in total. The van der Waals surface area contributed by atoms with Gasteiger partial charge in [0.25, 0.3) is 0 Å². The van der Waals surface area contributed by atoms with Crippen molar-refractivity contribution in [3.05, 3.63) is 12.5 Å². The van der Waals surface area contributed by atoms with E-state index >= 15 is 0 Å². The normalized spacial score (nSPS) is 21.9. The Balaban J connectivity index is 0.00000128. The van der Waals surface area contributed by atoms with E-state index in [4.69, 9.17) is 9.31 Å². The van der Waals surface area contributed by atoms with Gasteiger partial charge in [0, 0.05) is 13.2 Å². The lowest BCUT2D eigenvalue weighted by Gasteiger charge is -2.32. The molecule has 1 fully saturated rings. The molecule has 90 valence electrons. The lowest BCUT2D eigenvalue weighted by Crippen LogP contribution is -2.41. The van der Waals surface area contributed by atoms with Gasteiger partial charge in [-0.25, -0.2) is 4.98 Å². The van der Waals surface area contributed by atoms with Crippen molar-refractivity contribution in [2.45, 2.75) is 38.9 Å². The van der Waals surface area contributed by atoms with Crippen molar-refractivity contribution in [3.8, 4) is 0 Å². The molecule has 0 aromatic carbocycles. The number of rotatable bonds is 1. The van der Waals surface area contributed by atoms with Crippen LogP contribution in [0.1, 0.15) is 27.7 Å². The second-order valence-corrected chi connectivity index (χ2v) is 5.05. The Labute approximate surface area is 103 Å². The van der Waals surface area contributed by atoms with E-state index < -0.39 is 0 Å². The quantitative estimate of drug-likeness (QED) is 0.695. The van der Waals surface area contributed by atoms with Crippen molar-refractivity contribution in [3.63, 3.8) is 0 Å². The fourth-order valence-electron chi connectivity index (χ4n) is 1.52. The Hall–Kier alpha value is -0.515. The molecule has 1 aliphatic heterocycles. The zero-order chi connectivity index (χ0) is 11.3. The van der Waals surface area contributed by atoms with Crippen LogP contribution in [0.5, 0.6) is 0 Å². The average Bonchev–Trinajstić information content (AvgIpc) is 2.56. The number of aryl methyl sites for hydroxylation is 1. The second-order valence-electron chi connectivity index (χ2n) is 5.05. The molecule has 0 saturated carbocycles. The summed E-state index contributed by atoms with van der Waals surface area (Å²) in [6.45, 7) is 8.15. The van der Waals surface area contributed by atoms with Gasteiger partial charge in [-0.05, 0) is 27.7 Å². The topological polar surface area (TPSA) is 36.3 Å². The van der Waals surface area contributed by atoms with Crippen LogP contribution >= 0.6 is 12.4 Å². The standard InChI is InChI=1S/C10H17BN2O2.ClH/c1-9(2)10(3,4)15-11(14-9)8-6-13(5)7-12-8;/h6-7H,1-5H3;1H. The highest BCUT2D eigenvalue weighted by atomic mass is 35.5. The molecular formula is C10H18BClN2O2. The Bertz CT molecular complexity index is 363. The molecule has 0 spiro atoms. The summed E-state index contributed by atoms with van der Waals surface area (Å²) in [4.78, 5) is 4.24. The molecule has 0 unspecified atom stereocenters. The van der Waals surface area contributed by atoms with Crippen LogP contribution in [-0.4, -0.2) is 27.9 Å². The van der Waals surface area contributed by atoms with E-state index in [1.807, 2.05) is 45.5 Å². The average molecular weight is 245 g/mol. The number of hydrogen-bond donors (Lipinski definition) is 0. The predicted octanol–water partition coefficient (Wildman–Crippen LogP) is 1.14. The molecule has 1 saturated heterocycles. The maximum Gasteiger partial charge on any atom is 0.516 e. The van der Waals surface area contributed by atoms with Crippen LogP contribution in [0.25, 0.3) is 0 Å². The van der Waals surface area contributed by atoms with Crippen LogP contribution in [-0.2, 0) is 16.4 Å². The minimum Gasteiger partial charge on any atom is -0.398 e. The van der Waals surface area contributed by atoms with E-state index in [1.54, 1.807) is 6.33 Å². The SMILES string of the molecule is Cl.Cn1cnc(B2OC(C)(C)C(C)(C)O2)c1. The minimum atomic E-state index is -0.351. The van der Waals surface area contributed by atoms with Gasteiger partial charge < -0.3 is 13.9 Å². The summed E-state index contributed by atoms with van der Waals surface area (Å²) < 4.78 is 13.6. The molecule has 0 aliphatic carbocycles. The summed E-state index contributed by atoms with van der Waals surface area (Å²) in [5.74, 6) is 0. The van der Waals surface area contributed by atoms with Gasteiger partial charge in [0.2, 0.25) is 0 Å². The van der Waals surface area contributed by atoms with E-state index in [1.165, 1.54) is 0 Å². The maximum absolute atomic E-state index is 5.87. The predicted molar refractivity (Wildman–Crippen MR) is 66.2 cm³/mol. The fraction of sp³-hybridized carbons (Fsp3) is 0.700. The van der Waals surface area contributed by atoms with Crippen LogP contribution in [0.3, 0.4) is 0 Å². The third kappa shape index (κ3) is 2.12. The van der Waals surface area contributed by atoms with Crippen molar-refractivity contribution in [2.75, 3.05) is 0 Å². The Morgan fingerprint density at radius 3 is 2.06 bits per heavy atom. The van der Waals surface area contributed by atoms with Crippen molar-refractivity contribution in [1.29, 1.82) is 0 Å². The van der Waals surface area contributed by atoms with Crippen molar-refractivity contribution in [2.24, 2.45) is 7.05 Å². The van der Waals surface area contributed by atoms with E-state index in [2.05, 4.69) is 4.98 Å². The molecule has 0 radical (unpaired) electrons. The molecule has 2 rings (SSSR count). The van der Waals surface area contributed by atoms with Crippen molar-refractivity contribution >= 4 is 25.1 Å². The number of halogens is 1. The summed E-state index contributed by atoms with van der Waals surface area (Å²) in [5, 5.41) is 0. The van der Waals surface area contributed by atoms with E-state index in [-0.39, 0.29) is 30.7 Å². The third-order valence-corrected chi connectivity index (χ3v) is 3.22. The van der Waals surface area contributed by atoms with Crippen molar-refractivity contribution < 1.29 is 9.31 Å². The summed E-state index contributed by atoms with van der Waals surface area (Å²) >= 11 is 0. The zero-order valence-electron chi connectivity index (χ0n) is 10.4. The van der Waals surface area contributed by atoms with Crippen LogP contribution in [0, 0.1) is 0 Å². The first kappa shape index (κ1) is 13.5. The third-order valence-electron chi connectivity index (χ3n) is 3.22. The summed E-state index contributed by atoms with van der Waals surface area (Å²) in [7, 11) is 1.58. The lowest BCUT2D eigenvalue weighted by atomic mass is 9.86. The number of aromatic nitrogens is 2.